The number of aryl methyl sites for hydroxylation is 2. The van der Waals surface area contributed by atoms with Crippen molar-refractivity contribution >= 4 is 17.3 Å². The maximum absolute atomic E-state index is 12.4. The predicted molar refractivity (Wildman–Crippen MR) is 94.3 cm³/mol. The molecule has 2 rings (SSSR count). The molecule has 1 unspecified atom stereocenters. The SMILES string of the molecule is COc1ccc([N+](=O)[O-])cc1NC(=O)C(C)Oc1ccc(C)c(C)c1. The van der Waals surface area contributed by atoms with Crippen molar-refractivity contribution in [3.8, 4) is 11.5 Å². The second-order valence-corrected chi connectivity index (χ2v) is 5.64. The maximum Gasteiger partial charge on any atom is 0.271 e. The fraction of sp³-hybridized carbons (Fsp3) is 0.278. The van der Waals surface area contributed by atoms with Gasteiger partial charge in [-0.25, -0.2) is 0 Å². The van der Waals surface area contributed by atoms with E-state index in [1.54, 1.807) is 13.0 Å². The van der Waals surface area contributed by atoms with Crippen LogP contribution in [0.3, 0.4) is 0 Å². The lowest BCUT2D eigenvalue weighted by atomic mass is 10.1. The molecule has 0 spiro atoms. The van der Waals surface area contributed by atoms with E-state index in [4.69, 9.17) is 9.47 Å². The summed E-state index contributed by atoms with van der Waals surface area (Å²) in [5.74, 6) is 0.478. The third kappa shape index (κ3) is 4.47. The highest BCUT2D eigenvalue weighted by Gasteiger charge is 2.19. The van der Waals surface area contributed by atoms with E-state index >= 15 is 0 Å². The molecule has 0 fully saturated rings. The minimum absolute atomic E-state index is 0.140. The molecule has 0 saturated carbocycles. The van der Waals surface area contributed by atoms with Crippen LogP contribution in [-0.4, -0.2) is 24.0 Å². The van der Waals surface area contributed by atoms with Crippen LogP contribution in [0.15, 0.2) is 36.4 Å². The molecule has 0 aliphatic carbocycles. The number of ether oxygens (including phenoxy) is 2. The third-order valence-corrected chi connectivity index (χ3v) is 3.81. The Hall–Kier alpha value is -3.09. The molecule has 1 N–H and O–H groups in total. The van der Waals surface area contributed by atoms with Crippen molar-refractivity contribution in [3.05, 3.63) is 57.6 Å². The average molecular weight is 344 g/mol. The van der Waals surface area contributed by atoms with Gasteiger partial charge in [0.25, 0.3) is 11.6 Å². The predicted octanol–water partition coefficient (Wildman–Crippen LogP) is 3.63. The number of carbonyl (C=O) groups excluding carboxylic acids is 1. The Bertz CT molecular complexity index is 804. The highest BCUT2D eigenvalue weighted by Crippen LogP contribution is 2.29. The monoisotopic (exact) mass is 344 g/mol. The van der Waals surface area contributed by atoms with Crippen molar-refractivity contribution in [1.29, 1.82) is 0 Å². The standard InChI is InChI=1S/C18H20N2O5/c1-11-5-7-15(9-12(11)2)25-13(3)18(21)19-16-10-14(20(22)23)6-8-17(16)24-4/h5-10,13H,1-4H3,(H,19,21). The van der Waals surface area contributed by atoms with Crippen LogP contribution in [0.2, 0.25) is 0 Å². The summed E-state index contributed by atoms with van der Waals surface area (Å²) in [4.78, 5) is 22.7. The first-order valence-electron chi connectivity index (χ1n) is 7.69. The summed E-state index contributed by atoms with van der Waals surface area (Å²) in [6.07, 6.45) is -0.786. The van der Waals surface area contributed by atoms with Crippen LogP contribution in [-0.2, 0) is 4.79 Å². The van der Waals surface area contributed by atoms with Crippen molar-refractivity contribution in [2.24, 2.45) is 0 Å². The second kappa shape index (κ2) is 7.65. The topological polar surface area (TPSA) is 90.7 Å². The summed E-state index contributed by atoms with van der Waals surface area (Å²) >= 11 is 0. The molecule has 7 nitrogen and oxygen atoms in total. The second-order valence-electron chi connectivity index (χ2n) is 5.64. The highest BCUT2D eigenvalue weighted by atomic mass is 16.6. The summed E-state index contributed by atoms with van der Waals surface area (Å²) in [6, 6.07) is 9.55. The molecular weight excluding hydrogens is 324 g/mol. The van der Waals surface area contributed by atoms with Gasteiger partial charge in [-0.05, 0) is 50.1 Å². The molecule has 0 aliphatic rings. The quantitative estimate of drug-likeness (QED) is 0.638. The molecular formula is C18H20N2O5. The first-order valence-corrected chi connectivity index (χ1v) is 7.69. The minimum Gasteiger partial charge on any atom is -0.495 e. The number of nitro groups is 1. The lowest BCUT2D eigenvalue weighted by molar-refractivity contribution is -0.384. The van der Waals surface area contributed by atoms with Gasteiger partial charge in [-0.15, -0.1) is 0 Å². The number of methoxy groups -OCH3 is 1. The first kappa shape index (κ1) is 18.3. The number of hydrogen-bond acceptors (Lipinski definition) is 5. The summed E-state index contributed by atoms with van der Waals surface area (Å²) < 4.78 is 10.8. The van der Waals surface area contributed by atoms with Crippen LogP contribution in [0, 0.1) is 24.0 Å². The van der Waals surface area contributed by atoms with Crippen LogP contribution in [0.1, 0.15) is 18.1 Å². The molecule has 25 heavy (non-hydrogen) atoms. The average Bonchev–Trinajstić information content (AvgIpc) is 2.57. The van der Waals surface area contributed by atoms with Crippen LogP contribution < -0.4 is 14.8 Å². The van der Waals surface area contributed by atoms with Crippen molar-refractivity contribution in [3.63, 3.8) is 0 Å². The van der Waals surface area contributed by atoms with Gasteiger partial charge in [-0.1, -0.05) is 6.07 Å². The zero-order valence-electron chi connectivity index (χ0n) is 14.5. The van der Waals surface area contributed by atoms with E-state index < -0.39 is 16.9 Å². The van der Waals surface area contributed by atoms with E-state index in [0.29, 0.717) is 11.5 Å². The molecule has 0 bridgehead atoms. The zero-order valence-corrected chi connectivity index (χ0v) is 14.5. The van der Waals surface area contributed by atoms with E-state index in [1.807, 2.05) is 26.0 Å². The molecule has 0 radical (unpaired) electrons. The van der Waals surface area contributed by atoms with Gasteiger partial charge in [0.1, 0.15) is 11.5 Å². The molecule has 1 amide bonds. The lowest BCUT2D eigenvalue weighted by Gasteiger charge is -2.16. The molecule has 7 heteroatoms. The van der Waals surface area contributed by atoms with Gasteiger partial charge in [0.05, 0.1) is 17.7 Å². The minimum atomic E-state index is -0.786. The third-order valence-electron chi connectivity index (χ3n) is 3.81. The van der Waals surface area contributed by atoms with Crippen LogP contribution >= 0.6 is 0 Å². The molecule has 2 aromatic rings. The van der Waals surface area contributed by atoms with Crippen molar-refractivity contribution in [1.82, 2.24) is 0 Å². The van der Waals surface area contributed by atoms with Crippen LogP contribution in [0.25, 0.3) is 0 Å². The zero-order chi connectivity index (χ0) is 18.6. The number of benzene rings is 2. The van der Waals surface area contributed by atoms with Gasteiger partial charge in [-0.3, -0.25) is 14.9 Å². The van der Waals surface area contributed by atoms with Gasteiger partial charge >= 0.3 is 0 Å². The number of hydrogen-bond donors (Lipinski definition) is 1. The Morgan fingerprint density at radius 3 is 2.48 bits per heavy atom. The fourth-order valence-electron chi connectivity index (χ4n) is 2.19. The van der Waals surface area contributed by atoms with E-state index in [1.165, 1.54) is 25.3 Å². The molecule has 0 heterocycles. The van der Waals surface area contributed by atoms with Gasteiger partial charge < -0.3 is 14.8 Å². The Kier molecular flexibility index (Phi) is 5.59. The Labute approximate surface area is 145 Å². The first-order chi connectivity index (χ1) is 11.8. The fourth-order valence-corrected chi connectivity index (χ4v) is 2.19. The van der Waals surface area contributed by atoms with Gasteiger partial charge in [0.2, 0.25) is 0 Å². The lowest BCUT2D eigenvalue weighted by Crippen LogP contribution is -2.30. The van der Waals surface area contributed by atoms with E-state index in [0.717, 1.165) is 11.1 Å². The number of non-ortho nitro benzene ring substituents is 1. The summed E-state index contributed by atoms with van der Waals surface area (Å²) in [5, 5.41) is 13.5. The van der Waals surface area contributed by atoms with Gasteiger partial charge in [0.15, 0.2) is 6.10 Å². The van der Waals surface area contributed by atoms with E-state index in [9.17, 15) is 14.9 Å². The molecule has 0 aliphatic heterocycles. The number of carbonyl (C=O) groups is 1. The normalized spacial score (nSPS) is 11.5. The van der Waals surface area contributed by atoms with Crippen LogP contribution in [0.4, 0.5) is 11.4 Å². The Morgan fingerprint density at radius 2 is 1.88 bits per heavy atom. The smallest absolute Gasteiger partial charge is 0.271 e. The molecule has 0 aromatic heterocycles. The number of nitro benzene ring substituents is 1. The molecule has 2 aromatic carbocycles. The maximum atomic E-state index is 12.4. The number of rotatable bonds is 6. The molecule has 0 saturated heterocycles. The van der Waals surface area contributed by atoms with Crippen LogP contribution in [0.5, 0.6) is 11.5 Å². The van der Waals surface area contributed by atoms with E-state index in [2.05, 4.69) is 5.32 Å². The van der Waals surface area contributed by atoms with Gasteiger partial charge in [-0.2, -0.15) is 0 Å². The summed E-state index contributed by atoms with van der Waals surface area (Å²) in [7, 11) is 1.42. The number of nitrogens with zero attached hydrogens (tertiary/aromatic N) is 1. The largest absolute Gasteiger partial charge is 0.495 e. The number of nitrogens with one attached hydrogen (secondary N) is 1. The van der Waals surface area contributed by atoms with Crippen molar-refractivity contribution < 1.29 is 19.2 Å². The number of amides is 1. The van der Waals surface area contributed by atoms with E-state index in [-0.39, 0.29) is 11.4 Å². The molecule has 132 valence electrons. The highest BCUT2D eigenvalue weighted by molar-refractivity contribution is 5.95. The summed E-state index contributed by atoms with van der Waals surface area (Å²) in [6.45, 7) is 5.55. The Balaban J connectivity index is 2.13. The number of anilines is 1. The molecule has 1 atom stereocenters. The Morgan fingerprint density at radius 1 is 1.16 bits per heavy atom. The van der Waals surface area contributed by atoms with Crippen molar-refractivity contribution in [2.45, 2.75) is 26.9 Å². The van der Waals surface area contributed by atoms with Crippen molar-refractivity contribution in [2.75, 3.05) is 12.4 Å². The van der Waals surface area contributed by atoms with Gasteiger partial charge in [0, 0.05) is 12.1 Å². The summed E-state index contributed by atoms with van der Waals surface area (Å²) in [5.41, 5.74) is 2.27.